The second kappa shape index (κ2) is 6.76. The summed E-state index contributed by atoms with van der Waals surface area (Å²) in [5.41, 5.74) is 1.87. The third-order valence-corrected chi connectivity index (χ3v) is 5.30. The topological polar surface area (TPSA) is 84.7 Å². The Bertz CT molecular complexity index is 1380. The average molecular weight is 407 g/mol. The van der Waals surface area contributed by atoms with Crippen molar-refractivity contribution in [3.8, 4) is 23.0 Å². The molecule has 0 fully saturated rings. The van der Waals surface area contributed by atoms with Crippen LogP contribution in [0.4, 0.5) is 0 Å². The number of benzene rings is 2. The van der Waals surface area contributed by atoms with Crippen LogP contribution in [-0.2, 0) is 6.54 Å². The highest BCUT2D eigenvalue weighted by Gasteiger charge is 2.22. The first-order chi connectivity index (χ1) is 14.5. The summed E-state index contributed by atoms with van der Waals surface area (Å²) in [4.78, 5) is 13.6. The molecule has 5 rings (SSSR count). The minimum Gasteiger partial charge on any atom is -0.493 e. The molecule has 0 saturated heterocycles. The van der Waals surface area contributed by atoms with Gasteiger partial charge in [0.05, 0.1) is 30.6 Å². The number of aromatic nitrogens is 3. The molecule has 1 aliphatic heterocycles. The zero-order valence-electron chi connectivity index (χ0n) is 17.2. The van der Waals surface area contributed by atoms with E-state index in [1.165, 1.54) is 0 Å². The SMILES string of the molecule is COc1cc2c(=O)n(CC(C)C)c3c4cc5c(cc4nnc3c2cc1OC)OCO5. The molecule has 3 heterocycles. The van der Waals surface area contributed by atoms with Crippen molar-refractivity contribution in [3.05, 3.63) is 34.6 Å². The molecule has 8 heteroatoms. The lowest BCUT2D eigenvalue weighted by atomic mass is 10.1. The molecule has 1 aliphatic rings. The molecule has 0 unspecified atom stereocenters. The van der Waals surface area contributed by atoms with Crippen LogP contribution >= 0.6 is 0 Å². The molecule has 0 N–H and O–H groups in total. The van der Waals surface area contributed by atoms with E-state index in [-0.39, 0.29) is 18.3 Å². The van der Waals surface area contributed by atoms with Crippen molar-refractivity contribution >= 4 is 32.7 Å². The van der Waals surface area contributed by atoms with Crippen molar-refractivity contribution in [2.45, 2.75) is 20.4 Å². The summed E-state index contributed by atoms with van der Waals surface area (Å²) >= 11 is 0. The van der Waals surface area contributed by atoms with E-state index in [1.807, 2.05) is 6.07 Å². The molecule has 0 radical (unpaired) electrons. The Balaban J connectivity index is 1.99. The molecule has 2 aromatic heterocycles. The minimum atomic E-state index is -0.112. The van der Waals surface area contributed by atoms with E-state index in [4.69, 9.17) is 18.9 Å². The maximum absolute atomic E-state index is 13.6. The maximum atomic E-state index is 13.6. The molecule has 0 amide bonds. The second-order valence-electron chi connectivity index (χ2n) is 7.68. The predicted molar refractivity (Wildman–Crippen MR) is 113 cm³/mol. The zero-order chi connectivity index (χ0) is 21.0. The van der Waals surface area contributed by atoms with Crippen LogP contribution in [0.2, 0.25) is 0 Å². The summed E-state index contributed by atoms with van der Waals surface area (Å²) < 4.78 is 23.7. The highest BCUT2D eigenvalue weighted by molar-refractivity contribution is 6.13. The Morgan fingerprint density at radius 2 is 1.63 bits per heavy atom. The molecule has 8 nitrogen and oxygen atoms in total. The van der Waals surface area contributed by atoms with Gasteiger partial charge in [0.15, 0.2) is 23.0 Å². The number of hydrogen-bond acceptors (Lipinski definition) is 7. The Morgan fingerprint density at radius 1 is 0.967 bits per heavy atom. The molecule has 30 heavy (non-hydrogen) atoms. The summed E-state index contributed by atoms with van der Waals surface area (Å²) in [6.45, 7) is 4.84. The summed E-state index contributed by atoms with van der Waals surface area (Å²) in [5, 5.41) is 10.9. The first-order valence-corrected chi connectivity index (χ1v) is 9.70. The molecular weight excluding hydrogens is 386 g/mol. The minimum absolute atomic E-state index is 0.112. The highest BCUT2D eigenvalue weighted by Crippen LogP contribution is 2.39. The van der Waals surface area contributed by atoms with Gasteiger partial charge in [-0.1, -0.05) is 13.8 Å². The number of pyridine rings is 1. The van der Waals surface area contributed by atoms with Gasteiger partial charge in [0.1, 0.15) is 5.52 Å². The van der Waals surface area contributed by atoms with Crippen molar-refractivity contribution in [1.29, 1.82) is 0 Å². The van der Waals surface area contributed by atoms with Gasteiger partial charge >= 0.3 is 0 Å². The number of methoxy groups -OCH3 is 2. The maximum Gasteiger partial charge on any atom is 0.259 e. The summed E-state index contributed by atoms with van der Waals surface area (Å²) in [5.74, 6) is 2.53. The fourth-order valence-electron chi connectivity index (χ4n) is 3.98. The van der Waals surface area contributed by atoms with Crippen molar-refractivity contribution in [3.63, 3.8) is 0 Å². The summed E-state index contributed by atoms with van der Waals surface area (Å²) in [7, 11) is 3.11. The third-order valence-electron chi connectivity index (χ3n) is 5.30. The first kappa shape index (κ1) is 18.5. The molecule has 2 aromatic carbocycles. The van der Waals surface area contributed by atoms with Crippen molar-refractivity contribution in [2.75, 3.05) is 21.0 Å². The van der Waals surface area contributed by atoms with Crippen LogP contribution in [0.25, 0.3) is 32.7 Å². The first-order valence-electron chi connectivity index (χ1n) is 9.70. The molecule has 0 saturated carbocycles. The van der Waals surface area contributed by atoms with Gasteiger partial charge in [-0.3, -0.25) is 4.79 Å². The van der Waals surface area contributed by atoms with Gasteiger partial charge in [-0.25, -0.2) is 0 Å². The lowest BCUT2D eigenvalue weighted by molar-refractivity contribution is 0.174. The largest absolute Gasteiger partial charge is 0.493 e. The Hall–Kier alpha value is -3.55. The van der Waals surface area contributed by atoms with Crippen LogP contribution in [0.5, 0.6) is 23.0 Å². The van der Waals surface area contributed by atoms with Crippen LogP contribution in [0.1, 0.15) is 13.8 Å². The fourth-order valence-corrected chi connectivity index (χ4v) is 3.98. The van der Waals surface area contributed by atoms with Crippen molar-refractivity contribution in [2.24, 2.45) is 5.92 Å². The number of fused-ring (bicyclic) bond motifs is 6. The predicted octanol–water partition coefficient (Wildman–Crippen LogP) is 3.50. The van der Waals surface area contributed by atoms with Gasteiger partial charge in [0, 0.05) is 23.4 Å². The van der Waals surface area contributed by atoms with E-state index < -0.39 is 0 Å². The molecule has 154 valence electrons. The molecule has 0 aliphatic carbocycles. The van der Waals surface area contributed by atoms with Gasteiger partial charge in [0.2, 0.25) is 6.79 Å². The van der Waals surface area contributed by atoms with Gasteiger partial charge in [0.25, 0.3) is 5.56 Å². The van der Waals surface area contributed by atoms with E-state index in [2.05, 4.69) is 24.0 Å². The molecular formula is C22H21N3O5. The van der Waals surface area contributed by atoms with Crippen LogP contribution < -0.4 is 24.5 Å². The standard InChI is InChI=1S/C22H21N3O5/c1-11(2)9-25-21-14-7-18-19(30-10-29-18)8-15(14)23-24-20(21)12-5-16(27-3)17(28-4)6-13(12)22(25)26/h5-8,11H,9-10H2,1-4H3. The Kier molecular flexibility index (Phi) is 4.16. The van der Waals surface area contributed by atoms with Crippen LogP contribution in [0.3, 0.4) is 0 Å². The van der Waals surface area contributed by atoms with Gasteiger partial charge in [-0.2, -0.15) is 0 Å². The van der Waals surface area contributed by atoms with Crippen molar-refractivity contribution in [1.82, 2.24) is 14.8 Å². The second-order valence-corrected chi connectivity index (χ2v) is 7.68. The molecule has 0 spiro atoms. The lowest BCUT2D eigenvalue weighted by Gasteiger charge is -2.17. The third kappa shape index (κ3) is 2.63. The van der Waals surface area contributed by atoms with E-state index in [1.54, 1.807) is 37.0 Å². The summed E-state index contributed by atoms with van der Waals surface area (Å²) in [6, 6.07) is 7.16. The van der Waals surface area contributed by atoms with Gasteiger partial charge in [-0.15, -0.1) is 10.2 Å². The summed E-state index contributed by atoms with van der Waals surface area (Å²) in [6.07, 6.45) is 0. The Morgan fingerprint density at radius 3 is 2.30 bits per heavy atom. The number of nitrogens with zero attached hydrogens (tertiary/aromatic N) is 3. The molecule has 4 aromatic rings. The highest BCUT2D eigenvalue weighted by atomic mass is 16.7. The average Bonchev–Trinajstić information content (AvgIpc) is 3.20. The van der Waals surface area contributed by atoms with E-state index in [9.17, 15) is 4.79 Å². The quantitative estimate of drug-likeness (QED) is 0.479. The Labute approximate surface area is 171 Å². The van der Waals surface area contributed by atoms with E-state index >= 15 is 0 Å². The lowest BCUT2D eigenvalue weighted by Crippen LogP contribution is -2.24. The number of hydrogen-bond donors (Lipinski definition) is 0. The van der Waals surface area contributed by atoms with Crippen LogP contribution in [0, 0.1) is 5.92 Å². The normalized spacial score (nSPS) is 13.0. The van der Waals surface area contributed by atoms with E-state index in [0.29, 0.717) is 51.3 Å². The monoisotopic (exact) mass is 407 g/mol. The zero-order valence-corrected chi connectivity index (χ0v) is 17.2. The fraction of sp³-hybridized carbons (Fsp3) is 0.318. The number of ether oxygens (including phenoxy) is 4. The van der Waals surface area contributed by atoms with E-state index in [0.717, 1.165) is 10.9 Å². The molecule has 0 bridgehead atoms. The van der Waals surface area contributed by atoms with Crippen LogP contribution in [-0.4, -0.2) is 35.8 Å². The van der Waals surface area contributed by atoms with Crippen molar-refractivity contribution < 1.29 is 18.9 Å². The smallest absolute Gasteiger partial charge is 0.259 e. The van der Waals surface area contributed by atoms with Gasteiger partial charge in [-0.05, 0) is 24.1 Å². The number of rotatable bonds is 4. The van der Waals surface area contributed by atoms with Gasteiger partial charge < -0.3 is 23.5 Å². The molecule has 0 atom stereocenters. The van der Waals surface area contributed by atoms with Crippen LogP contribution in [0.15, 0.2) is 29.1 Å².